The molecular formula is C20H18N2O3S3. The van der Waals surface area contributed by atoms with Gasteiger partial charge in [0.15, 0.2) is 4.80 Å². The summed E-state index contributed by atoms with van der Waals surface area (Å²) in [6.45, 7) is 5.42. The molecule has 0 N–H and O–H groups in total. The van der Waals surface area contributed by atoms with Crippen LogP contribution in [0.15, 0.2) is 56.1 Å². The van der Waals surface area contributed by atoms with Gasteiger partial charge < -0.3 is 4.74 Å². The van der Waals surface area contributed by atoms with E-state index in [1.54, 1.807) is 22.8 Å². The van der Waals surface area contributed by atoms with Gasteiger partial charge in [-0.2, -0.15) is 0 Å². The number of rotatable bonds is 4. The van der Waals surface area contributed by atoms with Gasteiger partial charge in [-0.15, -0.1) is 22.7 Å². The average molecular weight is 431 g/mol. The van der Waals surface area contributed by atoms with E-state index in [0.717, 1.165) is 9.75 Å². The normalized spacial score (nSPS) is 17.0. The largest absolute Gasteiger partial charge is 0.459 e. The number of nitrogens with zero attached hydrogens (tertiary/aromatic N) is 2. The number of thiophene rings is 2. The van der Waals surface area contributed by atoms with Crippen LogP contribution in [-0.4, -0.2) is 16.6 Å². The molecule has 4 rings (SSSR count). The number of thiazole rings is 1. The third-order valence-electron chi connectivity index (χ3n) is 4.21. The minimum Gasteiger partial charge on any atom is -0.459 e. The molecule has 144 valence electrons. The second kappa shape index (κ2) is 7.62. The molecule has 0 bridgehead atoms. The van der Waals surface area contributed by atoms with Gasteiger partial charge in [-0.3, -0.25) is 9.36 Å². The van der Waals surface area contributed by atoms with Gasteiger partial charge in [0.25, 0.3) is 5.56 Å². The predicted molar refractivity (Wildman–Crippen MR) is 114 cm³/mol. The number of hydrogen-bond donors (Lipinski definition) is 0. The number of carbonyl (C=O) groups is 1. The molecule has 0 saturated carbocycles. The van der Waals surface area contributed by atoms with Crippen molar-refractivity contribution in [3.63, 3.8) is 0 Å². The van der Waals surface area contributed by atoms with Crippen LogP contribution in [0.4, 0.5) is 0 Å². The molecule has 0 spiro atoms. The lowest BCUT2D eigenvalue weighted by Gasteiger charge is -2.24. The first kappa shape index (κ1) is 19.0. The standard InChI is InChI=1S/C20H18N2O3S3/c1-11(2)25-19(24)16-12(3)21-20-22(17(16)14-7-5-9-27-14)18(23)15(28-20)10-13-6-4-8-26-13/h4-11,17H,1-3H3/b15-10-. The van der Waals surface area contributed by atoms with Crippen LogP contribution in [0.3, 0.4) is 0 Å². The number of ether oxygens (including phenoxy) is 1. The second-order valence-corrected chi connectivity index (χ2v) is 9.53. The molecule has 5 nitrogen and oxygen atoms in total. The van der Waals surface area contributed by atoms with Crippen molar-refractivity contribution < 1.29 is 9.53 Å². The maximum absolute atomic E-state index is 13.3. The van der Waals surface area contributed by atoms with Crippen molar-refractivity contribution in [3.8, 4) is 0 Å². The quantitative estimate of drug-likeness (QED) is 0.597. The predicted octanol–water partition coefficient (Wildman–Crippen LogP) is 3.31. The molecule has 3 aromatic heterocycles. The molecule has 1 atom stereocenters. The average Bonchev–Trinajstić information content (AvgIpc) is 3.37. The highest BCUT2D eigenvalue weighted by molar-refractivity contribution is 7.11. The van der Waals surface area contributed by atoms with Crippen LogP contribution >= 0.6 is 34.0 Å². The Morgan fingerprint density at radius 2 is 2.00 bits per heavy atom. The zero-order chi connectivity index (χ0) is 19.8. The maximum Gasteiger partial charge on any atom is 0.338 e. The lowest BCUT2D eigenvalue weighted by Crippen LogP contribution is -2.39. The molecular weight excluding hydrogens is 412 g/mol. The number of hydrogen-bond acceptors (Lipinski definition) is 7. The molecule has 4 heterocycles. The number of allylic oxidation sites excluding steroid dienone is 1. The van der Waals surface area contributed by atoms with E-state index in [2.05, 4.69) is 4.99 Å². The smallest absolute Gasteiger partial charge is 0.338 e. The topological polar surface area (TPSA) is 60.7 Å². The number of carbonyl (C=O) groups excluding carboxylic acids is 1. The van der Waals surface area contributed by atoms with Crippen molar-refractivity contribution in [1.29, 1.82) is 0 Å². The molecule has 0 saturated heterocycles. The number of fused-ring (bicyclic) bond motifs is 1. The van der Waals surface area contributed by atoms with E-state index >= 15 is 0 Å². The van der Waals surface area contributed by atoms with Crippen LogP contribution < -0.4 is 14.9 Å². The van der Waals surface area contributed by atoms with Crippen molar-refractivity contribution in [2.24, 2.45) is 4.99 Å². The zero-order valence-electron chi connectivity index (χ0n) is 15.5. The molecule has 0 aromatic carbocycles. The molecule has 28 heavy (non-hydrogen) atoms. The van der Waals surface area contributed by atoms with Crippen LogP contribution in [0.25, 0.3) is 6.08 Å². The Balaban J connectivity index is 1.94. The third kappa shape index (κ3) is 3.43. The van der Waals surface area contributed by atoms with Crippen molar-refractivity contribution in [2.45, 2.75) is 32.9 Å². The minimum atomic E-state index is -0.520. The number of esters is 1. The summed E-state index contributed by atoms with van der Waals surface area (Å²) in [5.41, 5.74) is 0.872. The lowest BCUT2D eigenvalue weighted by atomic mass is 10.0. The Kier molecular flexibility index (Phi) is 5.18. The van der Waals surface area contributed by atoms with Crippen molar-refractivity contribution >= 4 is 46.1 Å². The van der Waals surface area contributed by atoms with E-state index in [1.165, 1.54) is 22.7 Å². The molecule has 8 heteroatoms. The van der Waals surface area contributed by atoms with Crippen LogP contribution in [0.2, 0.25) is 0 Å². The SMILES string of the molecule is CC1=C(C(=O)OC(C)C)C(c2cccs2)n2c(s/c(=C\c3cccs3)c2=O)=N1. The highest BCUT2D eigenvalue weighted by Crippen LogP contribution is 2.33. The summed E-state index contributed by atoms with van der Waals surface area (Å²) in [6, 6.07) is 7.26. The molecule has 0 radical (unpaired) electrons. The first-order chi connectivity index (χ1) is 13.5. The molecule has 0 fully saturated rings. The third-order valence-corrected chi connectivity index (χ3v) is 6.94. The van der Waals surface area contributed by atoms with Crippen molar-refractivity contribution in [2.75, 3.05) is 0 Å². The Hall–Kier alpha value is -2.29. The lowest BCUT2D eigenvalue weighted by molar-refractivity contribution is -0.143. The van der Waals surface area contributed by atoms with Crippen molar-refractivity contribution in [1.82, 2.24) is 4.57 Å². The first-order valence-electron chi connectivity index (χ1n) is 8.76. The van der Waals surface area contributed by atoms with Gasteiger partial charge in [-0.05, 0) is 49.7 Å². The van der Waals surface area contributed by atoms with Crippen LogP contribution in [0.5, 0.6) is 0 Å². The van der Waals surface area contributed by atoms with E-state index in [1.807, 2.05) is 54.9 Å². The summed E-state index contributed by atoms with van der Waals surface area (Å²) < 4.78 is 7.70. The molecule has 0 aliphatic carbocycles. The van der Waals surface area contributed by atoms with Crippen LogP contribution in [0.1, 0.15) is 36.6 Å². The molecule has 3 aromatic rings. The van der Waals surface area contributed by atoms with Gasteiger partial charge in [0, 0.05) is 9.75 Å². The summed E-state index contributed by atoms with van der Waals surface area (Å²) >= 11 is 4.43. The van der Waals surface area contributed by atoms with Gasteiger partial charge in [0.1, 0.15) is 6.04 Å². The highest BCUT2D eigenvalue weighted by atomic mass is 32.1. The fourth-order valence-electron chi connectivity index (χ4n) is 3.08. The van der Waals surface area contributed by atoms with Gasteiger partial charge in [-0.25, -0.2) is 9.79 Å². The molecule has 0 amide bonds. The summed E-state index contributed by atoms with van der Waals surface area (Å²) in [4.78, 5) is 33.2. The van der Waals surface area contributed by atoms with Gasteiger partial charge in [-0.1, -0.05) is 23.5 Å². The fourth-order valence-corrected chi connectivity index (χ4v) is 5.67. The summed E-state index contributed by atoms with van der Waals surface area (Å²) in [5, 5.41) is 3.92. The Morgan fingerprint density at radius 1 is 1.25 bits per heavy atom. The van der Waals surface area contributed by atoms with Gasteiger partial charge in [0.05, 0.1) is 21.9 Å². The molecule has 1 aliphatic rings. The van der Waals surface area contributed by atoms with E-state index in [4.69, 9.17) is 4.74 Å². The fraction of sp³-hybridized carbons (Fsp3) is 0.250. The highest BCUT2D eigenvalue weighted by Gasteiger charge is 2.34. The zero-order valence-corrected chi connectivity index (χ0v) is 18.0. The van der Waals surface area contributed by atoms with E-state index in [0.29, 0.717) is 20.6 Å². The monoisotopic (exact) mass is 430 g/mol. The number of aromatic nitrogens is 1. The van der Waals surface area contributed by atoms with E-state index < -0.39 is 12.0 Å². The molecule has 1 unspecified atom stereocenters. The van der Waals surface area contributed by atoms with E-state index in [-0.39, 0.29) is 11.7 Å². The minimum absolute atomic E-state index is 0.141. The van der Waals surface area contributed by atoms with Gasteiger partial charge in [0.2, 0.25) is 0 Å². The van der Waals surface area contributed by atoms with Gasteiger partial charge >= 0.3 is 5.97 Å². The summed E-state index contributed by atoms with van der Waals surface area (Å²) in [7, 11) is 0. The first-order valence-corrected chi connectivity index (χ1v) is 11.3. The van der Waals surface area contributed by atoms with E-state index in [9.17, 15) is 9.59 Å². The Bertz CT molecular complexity index is 1210. The summed E-state index contributed by atoms with van der Waals surface area (Å²) in [5.74, 6) is -0.429. The van der Waals surface area contributed by atoms with Crippen molar-refractivity contribution in [3.05, 3.63) is 75.7 Å². The summed E-state index contributed by atoms with van der Waals surface area (Å²) in [6.07, 6.45) is 1.63. The Labute approximate surface area is 173 Å². The Morgan fingerprint density at radius 3 is 2.64 bits per heavy atom. The van der Waals surface area contributed by atoms with Crippen LogP contribution in [0, 0.1) is 0 Å². The van der Waals surface area contributed by atoms with Crippen LogP contribution in [-0.2, 0) is 9.53 Å². The maximum atomic E-state index is 13.3. The molecule has 1 aliphatic heterocycles. The second-order valence-electron chi connectivity index (χ2n) is 6.57.